The monoisotopic (exact) mass is 467 g/mol. The van der Waals surface area contributed by atoms with Crippen LogP contribution in [0.1, 0.15) is 18.5 Å². The van der Waals surface area contributed by atoms with Crippen LogP contribution in [0, 0.1) is 5.82 Å². The van der Waals surface area contributed by atoms with Gasteiger partial charge in [0.1, 0.15) is 12.4 Å². The average Bonchev–Trinajstić information content (AvgIpc) is 3.09. The minimum atomic E-state index is -0.894. The fourth-order valence-electron chi connectivity index (χ4n) is 2.58. The Morgan fingerprint density at radius 2 is 1.90 bits per heavy atom. The highest BCUT2D eigenvalue weighted by Crippen LogP contribution is 2.25. The summed E-state index contributed by atoms with van der Waals surface area (Å²) in [5, 5.41) is 7.27. The SMILES string of the molecule is CC(NC(=O)COC(=O)Cn1nc(-c2ccc(F)cc2)oc1=O)c1ccc(Cl)c(Cl)c1. The third-order valence-electron chi connectivity index (χ3n) is 4.16. The molecule has 0 saturated heterocycles. The smallest absolute Gasteiger partial charge is 0.437 e. The summed E-state index contributed by atoms with van der Waals surface area (Å²) in [6.07, 6.45) is 0. The molecule has 0 aliphatic carbocycles. The van der Waals surface area contributed by atoms with Crippen LogP contribution in [0.4, 0.5) is 4.39 Å². The van der Waals surface area contributed by atoms with Gasteiger partial charge in [0.15, 0.2) is 6.61 Å². The molecular weight excluding hydrogens is 452 g/mol. The molecule has 0 fully saturated rings. The second-order valence-corrected chi connectivity index (χ2v) is 7.28. The van der Waals surface area contributed by atoms with Crippen molar-refractivity contribution in [3.8, 4) is 11.5 Å². The molecule has 0 aliphatic rings. The molecule has 162 valence electrons. The first-order valence-electron chi connectivity index (χ1n) is 8.97. The number of carbonyl (C=O) groups excluding carboxylic acids is 2. The van der Waals surface area contributed by atoms with Gasteiger partial charge in [-0.15, -0.1) is 5.10 Å². The molecule has 2 aromatic carbocycles. The van der Waals surface area contributed by atoms with Gasteiger partial charge in [-0.1, -0.05) is 29.3 Å². The summed E-state index contributed by atoms with van der Waals surface area (Å²) in [5.74, 6) is -2.84. The van der Waals surface area contributed by atoms with E-state index in [1.54, 1.807) is 25.1 Å². The molecule has 0 bridgehead atoms. The zero-order chi connectivity index (χ0) is 22.5. The molecule has 1 heterocycles. The van der Waals surface area contributed by atoms with Crippen molar-refractivity contribution in [3.05, 3.63) is 74.4 Å². The van der Waals surface area contributed by atoms with Crippen molar-refractivity contribution in [2.24, 2.45) is 0 Å². The van der Waals surface area contributed by atoms with Crippen LogP contribution in [0.15, 0.2) is 51.7 Å². The summed E-state index contributed by atoms with van der Waals surface area (Å²) in [4.78, 5) is 35.9. The Kier molecular flexibility index (Phi) is 7.09. The van der Waals surface area contributed by atoms with E-state index in [2.05, 4.69) is 10.4 Å². The van der Waals surface area contributed by atoms with Gasteiger partial charge in [-0.3, -0.25) is 9.59 Å². The average molecular weight is 468 g/mol. The largest absolute Gasteiger partial charge is 0.454 e. The number of aromatic nitrogens is 2. The molecule has 8 nitrogen and oxygen atoms in total. The lowest BCUT2D eigenvalue weighted by molar-refractivity contribution is -0.149. The molecular formula is C20H16Cl2FN3O5. The predicted molar refractivity (Wildman–Crippen MR) is 110 cm³/mol. The van der Waals surface area contributed by atoms with Gasteiger partial charge in [0.2, 0.25) is 5.89 Å². The van der Waals surface area contributed by atoms with E-state index in [1.165, 1.54) is 24.3 Å². The van der Waals surface area contributed by atoms with Crippen LogP contribution < -0.4 is 11.1 Å². The van der Waals surface area contributed by atoms with Crippen molar-refractivity contribution in [1.29, 1.82) is 0 Å². The van der Waals surface area contributed by atoms with Crippen LogP contribution in [-0.4, -0.2) is 28.3 Å². The molecule has 3 aromatic rings. The molecule has 0 spiro atoms. The van der Waals surface area contributed by atoms with Gasteiger partial charge in [0.25, 0.3) is 5.91 Å². The summed E-state index contributed by atoms with van der Waals surface area (Å²) in [6, 6.07) is 9.65. The highest BCUT2D eigenvalue weighted by molar-refractivity contribution is 6.42. The van der Waals surface area contributed by atoms with E-state index in [9.17, 15) is 18.8 Å². The van der Waals surface area contributed by atoms with Crippen LogP contribution in [-0.2, 0) is 20.9 Å². The maximum atomic E-state index is 13.0. The Balaban J connectivity index is 1.53. The van der Waals surface area contributed by atoms with E-state index in [1.807, 2.05) is 0 Å². The van der Waals surface area contributed by atoms with E-state index in [0.717, 1.165) is 10.2 Å². The number of amides is 1. The molecule has 1 atom stereocenters. The van der Waals surface area contributed by atoms with Crippen molar-refractivity contribution in [1.82, 2.24) is 15.1 Å². The van der Waals surface area contributed by atoms with Gasteiger partial charge in [-0.05, 0) is 48.9 Å². The van der Waals surface area contributed by atoms with Crippen LogP contribution in [0.5, 0.6) is 0 Å². The van der Waals surface area contributed by atoms with Crippen molar-refractivity contribution < 1.29 is 23.1 Å². The number of benzene rings is 2. The highest BCUT2D eigenvalue weighted by Gasteiger charge is 2.16. The first kappa shape index (κ1) is 22.5. The topological polar surface area (TPSA) is 103 Å². The van der Waals surface area contributed by atoms with Gasteiger partial charge in [0, 0.05) is 5.56 Å². The van der Waals surface area contributed by atoms with E-state index in [-0.39, 0.29) is 5.89 Å². The molecule has 0 saturated carbocycles. The van der Waals surface area contributed by atoms with Crippen LogP contribution in [0.2, 0.25) is 10.0 Å². The second kappa shape index (κ2) is 9.76. The lowest BCUT2D eigenvalue weighted by atomic mass is 10.1. The number of nitrogens with zero attached hydrogens (tertiary/aromatic N) is 2. The fourth-order valence-corrected chi connectivity index (χ4v) is 2.88. The molecule has 0 radical (unpaired) electrons. The first-order valence-corrected chi connectivity index (χ1v) is 9.72. The molecule has 11 heteroatoms. The second-order valence-electron chi connectivity index (χ2n) is 6.46. The van der Waals surface area contributed by atoms with Crippen molar-refractivity contribution >= 4 is 35.1 Å². The first-order chi connectivity index (χ1) is 14.7. The number of ether oxygens (including phenoxy) is 1. The summed E-state index contributed by atoms with van der Waals surface area (Å²) < 4.78 is 23.6. The van der Waals surface area contributed by atoms with Gasteiger partial charge >= 0.3 is 11.7 Å². The summed E-state index contributed by atoms with van der Waals surface area (Å²) >= 11 is 11.8. The molecule has 1 aromatic heterocycles. The zero-order valence-corrected chi connectivity index (χ0v) is 17.6. The van der Waals surface area contributed by atoms with Crippen LogP contribution in [0.3, 0.4) is 0 Å². The Bertz CT molecular complexity index is 1160. The van der Waals surface area contributed by atoms with Gasteiger partial charge in [-0.2, -0.15) is 4.68 Å². The van der Waals surface area contributed by atoms with Gasteiger partial charge in [-0.25, -0.2) is 9.18 Å². The molecule has 1 N–H and O–H groups in total. The van der Waals surface area contributed by atoms with Crippen molar-refractivity contribution in [3.63, 3.8) is 0 Å². The number of rotatable bonds is 7. The summed E-state index contributed by atoms with van der Waals surface area (Å²) in [6.45, 7) is 0.617. The number of esters is 1. The van der Waals surface area contributed by atoms with Crippen LogP contribution >= 0.6 is 23.2 Å². The van der Waals surface area contributed by atoms with E-state index in [4.69, 9.17) is 32.4 Å². The number of hydrogen-bond acceptors (Lipinski definition) is 6. The number of halogens is 3. The van der Waals surface area contributed by atoms with Gasteiger partial charge < -0.3 is 14.5 Å². The number of nitrogens with one attached hydrogen (secondary N) is 1. The quantitative estimate of drug-likeness (QED) is 0.534. The normalized spacial score (nSPS) is 11.7. The Hall–Kier alpha value is -3.17. The van der Waals surface area contributed by atoms with E-state index < -0.39 is 42.6 Å². The zero-order valence-electron chi connectivity index (χ0n) is 16.1. The fraction of sp³-hybridized carbons (Fsp3) is 0.200. The maximum Gasteiger partial charge on any atom is 0.437 e. The lowest BCUT2D eigenvalue weighted by Crippen LogP contribution is -2.32. The van der Waals surface area contributed by atoms with E-state index in [0.29, 0.717) is 15.6 Å². The maximum absolute atomic E-state index is 13.0. The third kappa shape index (κ3) is 5.93. The number of hydrogen-bond donors (Lipinski definition) is 1. The Morgan fingerprint density at radius 1 is 1.19 bits per heavy atom. The van der Waals surface area contributed by atoms with Gasteiger partial charge in [0.05, 0.1) is 16.1 Å². The highest BCUT2D eigenvalue weighted by atomic mass is 35.5. The minimum Gasteiger partial charge on any atom is -0.454 e. The molecule has 0 aliphatic heterocycles. The lowest BCUT2D eigenvalue weighted by Gasteiger charge is -2.15. The Morgan fingerprint density at radius 3 is 2.58 bits per heavy atom. The standard InChI is InChI=1S/C20H16Cl2FN3O5/c1-11(13-4-7-15(21)16(22)8-13)24-17(27)10-30-18(28)9-26-20(29)31-19(25-26)12-2-5-14(23)6-3-12/h2-8,11H,9-10H2,1H3,(H,24,27). The number of carbonyl (C=O) groups is 2. The predicted octanol–water partition coefficient (Wildman–Crippen LogP) is 3.37. The van der Waals surface area contributed by atoms with Crippen molar-refractivity contribution in [2.45, 2.75) is 19.5 Å². The minimum absolute atomic E-state index is 0.0778. The molecule has 1 unspecified atom stereocenters. The van der Waals surface area contributed by atoms with E-state index >= 15 is 0 Å². The van der Waals surface area contributed by atoms with Crippen molar-refractivity contribution in [2.75, 3.05) is 6.61 Å². The third-order valence-corrected chi connectivity index (χ3v) is 4.90. The van der Waals surface area contributed by atoms with Crippen LogP contribution in [0.25, 0.3) is 11.5 Å². The Labute approximate surface area is 185 Å². The summed E-state index contributed by atoms with van der Waals surface area (Å²) in [5.41, 5.74) is 1.08. The summed E-state index contributed by atoms with van der Waals surface area (Å²) in [7, 11) is 0. The molecule has 3 rings (SSSR count). The molecule has 1 amide bonds. The molecule has 31 heavy (non-hydrogen) atoms.